The molecule has 8 aromatic carbocycles. The van der Waals surface area contributed by atoms with Crippen molar-refractivity contribution in [3.8, 4) is 22.3 Å². The number of aliphatic imine (C=N–C) groups is 1. The Morgan fingerprint density at radius 1 is 0.521 bits per heavy atom. The van der Waals surface area contributed by atoms with Gasteiger partial charge in [-0.15, -0.1) is 0 Å². The predicted octanol–water partition coefficient (Wildman–Crippen LogP) is 12.4. The van der Waals surface area contributed by atoms with Gasteiger partial charge in [0.1, 0.15) is 11.2 Å². The van der Waals surface area contributed by atoms with Crippen molar-refractivity contribution in [1.82, 2.24) is 0 Å². The Hall–Kier alpha value is -6.19. The van der Waals surface area contributed by atoms with E-state index in [1.807, 2.05) is 0 Å². The second kappa shape index (κ2) is 10.2. The number of rotatable bonds is 3. The van der Waals surface area contributed by atoms with Gasteiger partial charge >= 0.3 is 0 Å². The van der Waals surface area contributed by atoms with Gasteiger partial charge in [-0.25, -0.2) is 0 Å². The normalized spacial score (nSPS) is 15.8. The van der Waals surface area contributed by atoms with Crippen molar-refractivity contribution < 1.29 is 4.42 Å². The van der Waals surface area contributed by atoms with Gasteiger partial charge in [-0.3, -0.25) is 4.99 Å². The minimum Gasteiger partial charge on any atom is -0.455 e. The molecule has 0 bridgehead atoms. The highest BCUT2D eigenvalue weighted by atomic mass is 16.3. The zero-order valence-corrected chi connectivity index (χ0v) is 26.4. The zero-order chi connectivity index (χ0) is 31.8. The summed E-state index contributed by atoms with van der Waals surface area (Å²) < 4.78 is 6.88. The number of nitrogens with zero attached hydrogens (tertiary/aromatic N) is 1. The third kappa shape index (κ3) is 3.91. The van der Waals surface area contributed by atoms with Gasteiger partial charge in [0.25, 0.3) is 0 Å². The second-order valence-electron chi connectivity index (χ2n) is 13.0. The van der Waals surface area contributed by atoms with Gasteiger partial charge in [0, 0.05) is 38.9 Å². The van der Waals surface area contributed by atoms with Crippen LogP contribution in [0.4, 0.5) is 11.4 Å². The standard InChI is InChI=1S/C45H30N2O/c1-45(27-46-41-36-18-9-7-16-34(36)35-17-8-10-19-37(35)42(41)47-45)31-24-22-29(23-25-31)33-20-11-21-38-40-32-15-6-5-14-30(32)26-39(44(40)48-43(33)38)28-12-3-2-4-13-28/h2-27,47H,1H3. The molecule has 0 radical (unpaired) electrons. The summed E-state index contributed by atoms with van der Waals surface area (Å²) in [5.41, 5.74) is 9.02. The highest BCUT2D eigenvalue weighted by Crippen LogP contribution is 2.47. The van der Waals surface area contributed by atoms with Gasteiger partial charge in [0.15, 0.2) is 0 Å². The van der Waals surface area contributed by atoms with Crippen molar-refractivity contribution in [2.45, 2.75) is 12.5 Å². The maximum absolute atomic E-state index is 6.88. The molecular formula is C45H30N2O. The number of nitrogens with one attached hydrogen (secondary N) is 1. The molecular weight excluding hydrogens is 585 g/mol. The monoisotopic (exact) mass is 614 g/mol. The minimum absolute atomic E-state index is 0.481. The third-order valence-electron chi connectivity index (χ3n) is 10.1. The molecule has 0 aliphatic carbocycles. The highest BCUT2D eigenvalue weighted by Gasteiger charge is 2.31. The van der Waals surface area contributed by atoms with Crippen LogP contribution >= 0.6 is 0 Å². The van der Waals surface area contributed by atoms with Crippen molar-refractivity contribution in [2.75, 3.05) is 5.32 Å². The zero-order valence-electron chi connectivity index (χ0n) is 26.4. The van der Waals surface area contributed by atoms with Crippen LogP contribution in [0, 0.1) is 0 Å². The number of para-hydroxylation sites is 1. The topological polar surface area (TPSA) is 37.5 Å². The summed E-state index contributed by atoms with van der Waals surface area (Å²) in [6, 6.07) is 53.9. The lowest BCUT2D eigenvalue weighted by Gasteiger charge is -2.34. The molecule has 2 heterocycles. The number of hydrogen-bond donors (Lipinski definition) is 1. The van der Waals surface area contributed by atoms with Crippen molar-refractivity contribution in [3.05, 3.63) is 157 Å². The number of hydrogen-bond acceptors (Lipinski definition) is 3. The van der Waals surface area contributed by atoms with Gasteiger partial charge in [0.2, 0.25) is 0 Å². The molecule has 0 saturated carbocycles. The van der Waals surface area contributed by atoms with E-state index in [0.29, 0.717) is 0 Å². The maximum Gasteiger partial charge on any atom is 0.143 e. The first-order valence-electron chi connectivity index (χ1n) is 16.5. The van der Waals surface area contributed by atoms with Crippen LogP contribution < -0.4 is 5.32 Å². The average Bonchev–Trinajstić information content (AvgIpc) is 3.55. The molecule has 1 aromatic heterocycles. The number of furan rings is 1. The number of anilines is 1. The molecule has 0 amide bonds. The molecule has 226 valence electrons. The van der Waals surface area contributed by atoms with E-state index in [-0.39, 0.29) is 0 Å². The summed E-state index contributed by atoms with van der Waals surface area (Å²) in [5, 5.41) is 13.4. The van der Waals surface area contributed by atoms with E-state index in [0.717, 1.165) is 66.5 Å². The van der Waals surface area contributed by atoms with E-state index >= 15 is 0 Å². The Morgan fingerprint density at radius 2 is 1.15 bits per heavy atom. The Balaban J connectivity index is 1.10. The van der Waals surface area contributed by atoms with Crippen LogP contribution in [-0.4, -0.2) is 6.21 Å². The molecule has 3 nitrogen and oxygen atoms in total. The first-order valence-corrected chi connectivity index (χ1v) is 16.5. The SMILES string of the molecule is CC1(c2ccc(-c3cccc4c3oc3c(-c5ccccc5)cc5ccccc5c34)cc2)C=Nc2c(c3ccccc3c3ccccc23)N1. The fourth-order valence-corrected chi connectivity index (χ4v) is 7.72. The first-order chi connectivity index (χ1) is 23.7. The molecule has 0 fully saturated rings. The predicted molar refractivity (Wildman–Crippen MR) is 203 cm³/mol. The lowest BCUT2D eigenvalue weighted by molar-refractivity contribution is 0.671. The van der Waals surface area contributed by atoms with E-state index in [2.05, 4.69) is 170 Å². The summed E-state index contributed by atoms with van der Waals surface area (Å²) in [6.07, 6.45) is 2.06. The molecule has 1 unspecified atom stereocenters. The van der Waals surface area contributed by atoms with Crippen LogP contribution in [0.15, 0.2) is 161 Å². The summed E-state index contributed by atoms with van der Waals surface area (Å²) in [7, 11) is 0. The Kier molecular flexibility index (Phi) is 5.71. The van der Waals surface area contributed by atoms with Crippen LogP contribution in [0.3, 0.4) is 0 Å². The average molecular weight is 615 g/mol. The molecule has 3 heteroatoms. The van der Waals surface area contributed by atoms with E-state index in [1.54, 1.807) is 0 Å². The molecule has 48 heavy (non-hydrogen) atoms. The first kappa shape index (κ1) is 27.0. The largest absolute Gasteiger partial charge is 0.455 e. The quantitative estimate of drug-likeness (QED) is 0.201. The van der Waals surface area contributed by atoms with Crippen molar-refractivity contribution >= 4 is 71.8 Å². The third-order valence-corrected chi connectivity index (χ3v) is 10.1. The highest BCUT2D eigenvalue weighted by molar-refractivity contribution is 6.24. The fraction of sp³-hybridized carbons (Fsp3) is 0.0444. The lowest BCUT2D eigenvalue weighted by atomic mass is 9.88. The number of fused-ring (bicyclic) bond motifs is 11. The molecule has 1 N–H and O–H groups in total. The minimum atomic E-state index is -0.481. The van der Waals surface area contributed by atoms with Crippen molar-refractivity contribution in [3.63, 3.8) is 0 Å². The van der Waals surface area contributed by atoms with Gasteiger partial charge in [-0.05, 0) is 51.2 Å². The van der Waals surface area contributed by atoms with Gasteiger partial charge in [-0.1, -0.05) is 146 Å². The van der Waals surface area contributed by atoms with Crippen LogP contribution in [0.2, 0.25) is 0 Å². The fourth-order valence-electron chi connectivity index (χ4n) is 7.72. The molecule has 10 rings (SSSR count). The van der Waals surface area contributed by atoms with E-state index in [4.69, 9.17) is 9.41 Å². The van der Waals surface area contributed by atoms with E-state index in [1.165, 1.54) is 26.9 Å². The van der Waals surface area contributed by atoms with Crippen LogP contribution in [0.1, 0.15) is 12.5 Å². The Morgan fingerprint density at radius 3 is 1.94 bits per heavy atom. The summed E-state index contributed by atoms with van der Waals surface area (Å²) in [4.78, 5) is 5.10. The molecule has 9 aromatic rings. The van der Waals surface area contributed by atoms with Gasteiger partial charge < -0.3 is 9.73 Å². The summed E-state index contributed by atoms with van der Waals surface area (Å²) in [6.45, 7) is 2.20. The molecule has 1 aliphatic heterocycles. The Bertz CT molecular complexity index is 2760. The lowest BCUT2D eigenvalue weighted by Crippen LogP contribution is -2.35. The molecule has 0 spiro atoms. The van der Waals surface area contributed by atoms with E-state index < -0.39 is 5.54 Å². The van der Waals surface area contributed by atoms with E-state index in [9.17, 15) is 0 Å². The summed E-state index contributed by atoms with van der Waals surface area (Å²) in [5.74, 6) is 0. The number of benzene rings is 8. The van der Waals surface area contributed by atoms with Crippen LogP contribution in [0.5, 0.6) is 0 Å². The van der Waals surface area contributed by atoms with Gasteiger partial charge in [-0.2, -0.15) is 0 Å². The van der Waals surface area contributed by atoms with Crippen LogP contribution in [-0.2, 0) is 5.54 Å². The summed E-state index contributed by atoms with van der Waals surface area (Å²) >= 11 is 0. The maximum atomic E-state index is 6.88. The van der Waals surface area contributed by atoms with Crippen molar-refractivity contribution in [2.24, 2.45) is 4.99 Å². The Labute approximate surface area is 277 Å². The molecule has 1 aliphatic rings. The molecule has 1 atom stereocenters. The van der Waals surface area contributed by atoms with Crippen LogP contribution in [0.25, 0.3) is 76.5 Å². The smallest absolute Gasteiger partial charge is 0.143 e. The second-order valence-corrected chi connectivity index (χ2v) is 13.0. The van der Waals surface area contributed by atoms with Gasteiger partial charge in [0.05, 0.1) is 16.9 Å². The molecule has 0 saturated heterocycles. The van der Waals surface area contributed by atoms with Crippen molar-refractivity contribution in [1.29, 1.82) is 0 Å².